The highest BCUT2D eigenvalue weighted by molar-refractivity contribution is 7.09. The van der Waals surface area contributed by atoms with Crippen LogP contribution in [0, 0.1) is 0 Å². The monoisotopic (exact) mass is 198 g/mol. The standard InChI is InChI=1S/C9H14N2OS/c1-9(2)7(10-3-5-12-9)8-11-4-6-13-8/h4,6-7,10H,3,5H2,1-2H3. The van der Waals surface area contributed by atoms with E-state index >= 15 is 0 Å². The van der Waals surface area contributed by atoms with Crippen LogP contribution in [0.1, 0.15) is 24.9 Å². The number of morpholine rings is 1. The molecule has 0 bridgehead atoms. The van der Waals surface area contributed by atoms with Crippen molar-refractivity contribution in [1.29, 1.82) is 0 Å². The van der Waals surface area contributed by atoms with E-state index in [4.69, 9.17) is 4.74 Å². The van der Waals surface area contributed by atoms with Gasteiger partial charge >= 0.3 is 0 Å². The van der Waals surface area contributed by atoms with E-state index in [0.717, 1.165) is 18.2 Å². The molecule has 72 valence electrons. The quantitative estimate of drug-likeness (QED) is 0.744. The molecule has 0 radical (unpaired) electrons. The molecule has 1 aliphatic heterocycles. The molecule has 1 unspecified atom stereocenters. The molecular weight excluding hydrogens is 184 g/mol. The number of ether oxygens (including phenoxy) is 1. The summed E-state index contributed by atoms with van der Waals surface area (Å²) in [6.45, 7) is 5.90. The van der Waals surface area contributed by atoms with Crippen LogP contribution in [-0.4, -0.2) is 23.7 Å². The van der Waals surface area contributed by atoms with Crippen LogP contribution in [0.2, 0.25) is 0 Å². The van der Waals surface area contributed by atoms with Gasteiger partial charge in [-0.05, 0) is 13.8 Å². The predicted octanol–water partition coefficient (Wildman–Crippen LogP) is 1.58. The molecule has 1 fully saturated rings. The van der Waals surface area contributed by atoms with E-state index in [0.29, 0.717) is 0 Å². The van der Waals surface area contributed by atoms with Crippen molar-refractivity contribution in [2.75, 3.05) is 13.2 Å². The second-order valence-corrected chi connectivity index (χ2v) is 4.64. The molecule has 1 aromatic heterocycles. The van der Waals surface area contributed by atoms with Crippen LogP contribution in [0.15, 0.2) is 11.6 Å². The lowest BCUT2D eigenvalue weighted by Gasteiger charge is -2.38. The zero-order chi connectivity index (χ0) is 9.31. The summed E-state index contributed by atoms with van der Waals surface area (Å²) in [6.07, 6.45) is 1.84. The Hall–Kier alpha value is -0.450. The van der Waals surface area contributed by atoms with E-state index in [1.807, 2.05) is 11.6 Å². The van der Waals surface area contributed by atoms with E-state index in [1.54, 1.807) is 11.3 Å². The highest BCUT2D eigenvalue weighted by atomic mass is 32.1. The van der Waals surface area contributed by atoms with Gasteiger partial charge in [-0.1, -0.05) is 0 Å². The fourth-order valence-electron chi connectivity index (χ4n) is 1.61. The Morgan fingerprint density at radius 3 is 3.15 bits per heavy atom. The number of hydrogen-bond donors (Lipinski definition) is 1. The fraction of sp³-hybridized carbons (Fsp3) is 0.667. The van der Waals surface area contributed by atoms with Gasteiger partial charge in [0.15, 0.2) is 0 Å². The van der Waals surface area contributed by atoms with Gasteiger partial charge < -0.3 is 10.1 Å². The summed E-state index contributed by atoms with van der Waals surface area (Å²) in [5, 5.41) is 6.55. The van der Waals surface area contributed by atoms with Crippen molar-refractivity contribution in [1.82, 2.24) is 10.3 Å². The minimum atomic E-state index is -0.143. The summed E-state index contributed by atoms with van der Waals surface area (Å²) < 4.78 is 5.71. The van der Waals surface area contributed by atoms with E-state index in [9.17, 15) is 0 Å². The third-order valence-electron chi connectivity index (χ3n) is 2.32. The minimum absolute atomic E-state index is 0.143. The molecule has 4 heteroatoms. The van der Waals surface area contributed by atoms with E-state index < -0.39 is 0 Å². The summed E-state index contributed by atoms with van der Waals surface area (Å²) in [5.41, 5.74) is -0.143. The summed E-state index contributed by atoms with van der Waals surface area (Å²) in [7, 11) is 0. The molecule has 1 aromatic rings. The minimum Gasteiger partial charge on any atom is -0.372 e. The first-order chi connectivity index (χ1) is 6.20. The topological polar surface area (TPSA) is 34.1 Å². The third-order valence-corrected chi connectivity index (χ3v) is 3.16. The molecular formula is C9H14N2OS. The summed E-state index contributed by atoms with van der Waals surface area (Å²) >= 11 is 1.68. The Balaban J connectivity index is 2.21. The fourth-order valence-corrected chi connectivity index (χ4v) is 2.49. The van der Waals surface area contributed by atoms with Crippen molar-refractivity contribution in [2.24, 2.45) is 0 Å². The Labute approximate surface area is 82.1 Å². The van der Waals surface area contributed by atoms with Crippen molar-refractivity contribution in [3.63, 3.8) is 0 Å². The first-order valence-corrected chi connectivity index (χ1v) is 5.35. The molecule has 0 spiro atoms. The van der Waals surface area contributed by atoms with Gasteiger partial charge in [0.05, 0.1) is 18.2 Å². The zero-order valence-corrected chi connectivity index (χ0v) is 8.73. The van der Waals surface area contributed by atoms with Gasteiger partial charge in [-0.15, -0.1) is 11.3 Å². The first-order valence-electron chi connectivity index (χ1n) is 4.47. The van der Waals surface area contributed by atoms with Crippen LogP contribution in [0.5, 0.6) is 0 Å². The van der Waals surface area contributed by atoms with Gasteiger partial charge in [0.25, 0.3) is 0 Å². The van der Waals surface area contributed by atoms with Crippen molar-refractivity contribution >= 4 is 11.3 Å². The molecule has 0 amide bonds. The summed E-state index contributed by atoms with van der Waals surface area (Å²) in [5.74, 6) is 0. The molecule has 1 saturated heterocycles. The van der Waals surface area contributed by atoms with E-state index in [1.165, 1.54) is 0 Å². The predicted molar refractivity (Wildman–Crippen MR) is 52.9 cm³/mol. The lowest BCUT2D eigenvalue weighted by atomic mass is 9.98. The highest BCUT2D eigenvalue weighted by Crippen LogP contribution is 2.31. The number of aromatic nitrogens is 1. The normalized spacial score (nSPS) is 27.4. The van der Waals surface area contributed by atoms with Gasteiger partial charge in [0.2, 0.25) is 0 Å². The smallest absolute Gasteiger partial charge is 0.112 e. The Morgan fingerprint density at radius 1 is 1.69 bits per heavy atom. The number of thiazole rings is 1. The van der Waals surface area contributed by atoms with E-state index in [2.05, 4.69) is 24.1 Å². The van der Waals surface area contributed by atoms with Crippen molar-refractivity contribution in [3.05, 3.63) is 16.6 Å². The van der Waals surface area contributed by atoms with Crippen LogP contribution in [0.25, 0.3) is 0 Å². The van der Waals surface area contributed by atoms with Crippen molar-refractivity contribution < 1.29 is 4.74 Å². The Kier molecular flexibility index (Phi) is 2.36. The average Bonchev–Trinajstić information content (AvgIpc) is 2.55. The molecule has 0 aromatic carbocycles. The molecule has 1 N–H and O–H groups in total. The third kappa shape index (κ3) is 1.75. The lowest BCUT2D eigenvalue weighted by molar-refractivity contribution is -0.0722. The van der Waals surface area contributed by atoms with Gasteiger partial charge in [0.1, 0.15) is 5.01 Å². The van der Waals surface area contributed by atoms with Crippen LogP contribution in [-0.2, 0) is 4.74 Å². The molecule has 0 aliphatic carbocycles. The molecule has 13 heavy (non-hydrogen) atoms. The van der Waals surface area contributed by atoms with Crippen molar-refractivity contribution in [2.45, 2.75) is 25.5 Å². The molecule has 1 atom stereocenters. The molecule has 0 saturated carbocycles. The lowest BCUT2D eigenvalue weighted by Crippen LogP contribution is -2.48. The van der Waals surface area contributed by atoms with Crippen LogP contribution in [0.3, 0.4) is 0 Å². The zero-order valence-electron chi connectivity index (χ0n) is 7.91. The van der Waals surface area contributed by atoms with Crippen LogP contribution in [0.4, 0.5) is 0 Å². The molecule has 2 heterocycles. The number of nitrogens with one attached hydrogen (secondary N) is 1. The largest absolute Gasteiger partial charge is 0.372 e. The Morgan fingerprint density at radius 2 is 2.54 bits per heavy atom. The number of rotatable bonds is 1. The second kappa shape index (κ2) is 3.36. The molecule has 3 nitrogen and oxygen atoms in total. The summed E-state index contributed by atoms with van der Waals surface area (Å²) in [6, 6.07) is 0.237. The number of nitrogens with zero attached hydrogens (tertiary/aromatic N) is 1. The Bertz CT molecular complexity index is 271. The van der Waals surface area contributed by atoms with Gasteiger partial charge in [0, 0.05) is 18.1 Å². The molecule has 1 aliphatic rings. The average molecular weight is 198 g/mol. The molecule has 2 rings (SSSR count). The van der Waals surface area contributed by atoms with Crippen LogP contribution >= 0.6 is 11.3 Å². The van der Waals surface area contributed by atoms with Crippen molar-refractivity contribution in [3.8, 4) is 0 Å². The number of hydrogen-bond acceptors (Lipinski definition) is 4. The van der Waals surface area contributed by atoms with Gasteiger partial charge in [-0.2, -0.15) is 0 Å². The summed E-state index contributed by atoms with van der Waals surface area (Å²) in [4.78, 5) is 4.31. The van der Waals surface area contributed by atoms with Gasteiger partial charge in [-0.3, -0.25) is 0 Å². The van der Waals surface area contributed by atoms with Crippen LogP contribution < -0.4 is 5.32 Å². The SMILES string of the molecule is CC1(C)OCCNC1c1nccs1. The van der Waals surface area contributed by atoms with Gasteiger partial charge in [-0.25, -0.2) is 4.98 Å². The highest BCUT2D eigenvalue weighted by Gasteiger charge is 2.35. The maximum atomic E-state index is 5.71. The second-order valence-electron chi connectivity index (χ2n) is 3.71. The maximum absolute atomic E-state index is 5.71. The maximum Gasteiger partial charge on any atom is 0.112 e. The van der Waals surface area contributed by atoms with E-state index in [-0.39, 0.29) is 11.6 Å². The first kappa shape index (κ1) is 9.12.